The average molecular weight is 189 g/mol. The van der Waals surface area contributed by atoms with E-state index in [2.05, 4.69) is 0 Å². The van der Waals surface area contributed by atoms with Gasteiger partial charge in [-0.3, -0.25) is 4.79 Å². The molecule has 0 bridgehead atoms. The van der Waals surface area contributed by atoms with Crippen LogP contribution in [0.3, 0.4) is 0 Å². The van der Waals surface area contributed by atoms with E-state index in [0.29, 0.717) is 12.0 Å². The minimum absolute atomic E-state index is 0.177. The fourth-order valence-electron chi connectivity index (χ4n) is 1.02. The highest BCUT2D eigenvalue weighted by atomic mass is 16.5. The highest BCUT2D eigenvalue weighted by Crippen LogP contribution is 2.08. The molecule has 0 aliphatic rings. The number of esters is 1. The molecule has 1 aromatic rings. The molecule has 0 saturated heterocycles. The normalized spacial score (nSPS) is 9.14. The molecule has 0 saturated carbocycles. The van der Waals surface area contributed by atoms with Crippen LogP contribution in [0.25, 0.3) is 0 Å². The molecule has 0 heterocycles. The van der Waals surface area contributed by atoms with E-state index in [4.69, 9.17) is 10.00 Å². The van der Waals surface area contributed by atoms with Crippen LogP contribution >= 0.6 is 0 Å². The van der Waals surface area contributed by atoms with Gasteiger partial charge in [0.25, 0.3) is 0 Å². The second kappa shape index (κ2) is 5.03. The maximum absolute atomic E-state index is 10.9. The highest BCUT2D eigenvalue weighted by molar-refractivity contribution is 5.68. The molecule has 3 heteroatoms. The highest BCUT2D eigenvalue weighted by Gasteiger charge is 2.03. The number of carbonyl (C=O) groups is 1. The van der Waals surface area contributed by atoms with Crippen LogP contribution in [0.2, 0.25) is 0 Å². The third kappa shape index (κ3) is 2.60. The summed E-state index contributed by atoms with van der Waals surface area (Å²) in [5.74, 6) is -0.252. The third-order valence-electron chi connectivity index (χ3n) is 1.82. The van der Waals surface area contributed by atoms with E-state index >= 15 is 0 Å². The van der Waals surface area contributed by atoms with Gasteiger partial charge in [0.15, 0.2) is 0 Å². The number of hydrogen-bond donors (Lipinski definition) is 0. The molecule has 0 unspecified atom stereocenters. The quantitative estimate of drug-likeness (QED) is 0.683. The van der Waals surface area contributed by atoms with Gasteiger partial charge in [-0.15, -0.1) is 0 Å². The Bertz CT molecular complexity index is 366. The Kier molecular flexibility index (Phi) is 3.69. The predicted molar refractivity (Wildman–Crippen MR) is 51.2 cm³/mol. The molecule has 72 valence electrons. The summed E-state index contributed by atoms with van der Waals surface area (Å²) in [6.07, 6.45) is 0.356. The molecule has 0 N–H and O–H groups in total. The van der Waals surface area contributed by atoms with Gasteiger partial charge in [0.05, 0.1) is 11.6 Å². The lowest BCUT2D eigenvalue weighted by atomic mass is 10.1. The van der Waals surface area contributed by atoms with E-state index in [0.717, 1.165) is 5.56 Å². The van der Waals surface area contributed by atoms with Crippen LogP contribution < -0.4 is 0 Å². The second-order valence-electron chi connectivity index (χ2n) is 2.78. The van der Waals surface area contributed by atoms with Crippen molar-refractivity contribution in [3.8, 4) is 6.07 Å². The molecule has 0 aliphatic carbocycles. The first-order valence-corrected chi connectivity index (χ1v) is 4.41. The minimum atomic E-state index is -0.252. The Balaban J connectivity index is 2.68. The average Bonchev–Trinajstić information content (AvgIpc) is 2.26. The van der Waals surface area contributed by atoms with Gasteiger partial charge in [0, 0.05) is 12.0 Å². The number of hydrogen-bond acceptors (Lipinski definition) is 3. The van der Waals surface area contributed by atoms with Crippen molar-refractivity contribution in [1.29, 1.82) is 5.26 Å². The molecule has 1 aromatic carbocycles. The Hall–Kier alpha value is -1.82. The summed E-state index contributed by atoms with van der Waals surface area (Å²) in [5.41, 5.74) is 1.30. The van der Waals surface area contributed by atoms with Crippen LogP contribution in [-0.4, -0.2) is 5.97 Å². The summed E-state index contributed by atoms with van der Waals surface area (Å²) in [5, 5.41) is 8.75. The fraction of sp³-hybridized carbons (Fsp3) is 0.273. The van der Waals surface area contributed by atoms with Crippen LogP contribution in [0.15, 0.2) is 24.3 Å². The number of rotatable bonds is 3. The molecular weight excluding hydrogens is 178 g/mol. The number of benzene rings is 1. The zero-order valence-corrected chi connectivity index (χ0v) is 7.99. The standard InChI is InChI=1S/C11H11NO2/c1-2-11(13)14-8-10-6-4-3-5-9(10)7-12/h3-6H,2,8H2,1H3. The minimum Gasteiger partial charge on any atom is -0.461 e. The summed E-state index contributed by atoms with van der Waals surface area (Å²) in [4.78, 5) is 10.9. The van der Waals surface area contributed by atoms with Gasteiger partial charge in [-0.05, 0) is 6.07 Å². The van der Waals surface area contributed by atoms with Crippen molar-refractivity contribution in [3.63, 3.8) is 0 Å². The summed E-state index contributed by atoms with van der Waals surface area (Å²) in [7, 11) is 0. The summed E-state index contributed by atoms with van der Waals surface area (Å²) in [6, 6.07) is 9.13. The fourth-order valence-corrected chi connectivity index (χ4v) is 1.02. The third-order valence-corrected chi connectivity index (χ3v) is 1.82. The monoisotopic (exact) mass is 189 g/mol. The Morgan fingerprint density at radius 2 is 2.21 bits per heavy atom. The Labute approximate surface area is 82.9 Å². The van der Waals surface area contributed by atoms with E-state index in [1.807, 2.05) is 12.1 Å². The van der Waals surface area contributed by atoms with Gasteiger partial charge in [-0.2, -0.15) is 5.26 Å². The zero-order chi connectivity index (χ0) is 10.4. The molecule has 3 nitrogen and oxygen atoms in total. The van der Waals surface area contributed by atoms with Gasteiger partial charge in [0.1, 0.15) is 6.61 Å². The summed E-state index contributed by atoms with van der Waals surface area (Å²) >= 11 is 0. The van der Waals surface area contributed by atoms with Crippen molar-refractivity contribution >= 4 is 5.97 Å². The molecule has 14 heavy (non-hydrogen) atoms. The van der Waals surface area contributed by atoms with Gasteiger partial charge >= 0.3 is 5.97 Å². The van der Waals surface area contributed by atoms with E-state index < -0.39 is 0 Å². The maximum atomic E-state index is 10.9. The molecule has 0 spiro atoms. The first-order valence-electron chi connectivity index (χ1n) is 4.41. The lowest BCUT2D eigenvalue weighted by molar-refractivity contribution is -0.144. The molecule has 0 fully saturated rings. The van der Waals surface area contributed by atoms with Crippen LogP contribution in [-0.2, 0) is 16.1 Å². The van der Waals surface area contributed by atoms with Gasteiger partial charge in [0.2, 0.25) is 0 Å². The number of nitriles is 1. The van der Waals surface area contributed by atoms with Gasteiger partial charge < -0.3 is 4.74 Å². The smallest absolute Gasteiger partial charge is 0.305 e. The number of ether oxygens (including phenoxy) is 1. The number of carbonyl (C=O) groups excluding carboxylic acids is 1. The second-order valence-corrected chi connectivity index (χ2v) is 2.78. The Morgan fingerprint density at radius 1 is 1.50 bits per heavy atom. The largest absolute Gasteiger partial charge is 0.461 e. The van der Waals surface area contributed by atoms with E-state index in [1.165, 1.54) is 0 Å². The number of nitrogens with zero attached hydrogens (tertiary/aromatic N) is 1. The first-order chi connectivity index (χ1) is 6.77. The molecular formula is C11H11NO2. The predicted octanol–water partition coefficient (Wildman–Crippen LogP) is 2.01. The van der Waals surface area contributed by atoms with Crippen molar-refractivity contribution < 1.29 is 9.53 Å². The summed E-state index contributed by atoms with van der Waals surface area (Å²) < 4.78 is 4.93. The molecule has 1 rings (SSSR count). The topological polar surface area (TPSA) is 50.1 Å². The van der Waals surface area contributed by atoms with Crippen LogP contribution in [0, 0.1) is 11.3 Å². The van der Waals surface area contributed by atoms with Crippen molar-refractivity contribution in [1.82, 2.24) is 0 Å². The molecule has 0 atom stereocenters. The van der Waals surface area contributed by atoms with E-state index in [1.54, 1.807) is 25.1 Å². The molecule has 0 aromatic heterocycles. The Morgan fingerprint density at radius 3 is 2.86 bits per heavy atom. The van der Waals surface area contributed by atoms with Crippen molar-refractivity contribution in [2.24, 2.45) is 0 Å². The van der Waals surface area contributed by atoms with Crippen LogP contribution in [0.5, 0.6) is 0 Å². The SMILES string of the molecule is CCC(=O)OCc1ccccc1C#N. The lowest BCUT2D eigenvalue weighted by Crippen LogP contribution is -2.03. The first kappa shape index (κ1) is 10.3. The van der Waals surface area contributed by atoms with Crippen LogP contribution in [0.4, 0.5) is 0 Å². The maximum Gasteiger partial charge on any atom is 0.305 e. The zero-order valence-electron chi connectivity index (χ0n) is 7.99. The summed E-state index contributed by atoms with van der Waals surface area (Å²) in [6.45, 7) is 1.91. The van der Waals surface area contributed by atoms with Crippen molar-refractivity contribution in [3.05, 3.63) is 35.4 Å². The van der Waals surface area contributed by atoms with Crippen molar-refractivity contribution in [2.75, 3.05) is 0 Å². The van der Waals surface area contributed by atoms with Gasteiger partial charge in [-0.1, -0.05) is 25.1 Å². The van der Waals surface area contributed by atoms with E-state index in [9.17, 15) is 4.79 Å². The molecule has 0 aliphatic heterocycles. The van der Waals surface area contributed by atoms with Crippen molar-refractivity contribution in [2.45, 2.75) is 20.0 Å². The lowest BCUT2D eigenvalue weighted by Gasteiger charge is -2.04. The van der Waals surface area contributed by atoms with Gasteiger partial charge in [-0.25, -0.2) is 0 Å². The van der Waals surface area contributed by atoms with E-state index in [-0.39, 0.29) is 12.6 Å². The molecule has 0 amide bonds. The van der Waals surface area contributed by atoms with Crippen LogP contribution in [0.1, 0.15) is 24.5 Å². The molecule has 0 radical (unpaired) electrons.